The minimum Gasteiger partial charge on any atom is -0.455 e. The zero-order chi connectivity index (χ0) is 9.64. The van der Waals surface area contributed by atoms with Crippen molar-refractivity contribution in [3.05, 3.63) is 11.6 Å². The smallest absolute Gasteiger partial charge is 0.331 e. The summed E-state index contributed by atoms with van der Waals surface area (Å²) < 4.78 is 5.08. The molecule has 0 bridgehead atoms. The van der Waals surface area contributed by atoms with Gasteiger partial charge in [0.2, 0.25) is 0 Å². The summed E-state index contributed by atoms with van der Waals surface area (Å²) in [7, 11) is 0. The third-order valence-electron chi connectivity index (χ3n) is 2.89. The number of esters is 1. The molecule has 1 fully saturated rings. The predicted octanol–water partition coefficient (Wildman–Crippen LogP) is 1.02. The Bertz CT molecular complexity index is 278. The standard InChI is InChI=1S/C10H14O3/c1-10(2)5-6(11)3-8-7(10)4-9(12)13-8/h4,6,8,11H,3,5H2,1-2H3/t6-,8+/m1/s1. The lowest BCUT2D eigenvalue weighted by atomic mass is 9.71. The van der Waals surface area contributed by atoms with Crippen LogP contribution in [0.2, 0.25) is 0 Å². The Kier molecular flexibility index (Phi) is 1.74. The molecule has 0 aromatic heterocycles. The van der Waals surface area contributed by atoms with Gasteiger partial charge in [-0.25, -0.2) is 4.79 Å². The fourth-order valence-electron chi connectivity index (χ4n) is 2.30. The molecular formula is C10H14O3. The van der Waals surface area contributed by atoms with E-state index in [9.17, 15) is 9.90 Å². The van der Waals surface area contributed by atoms with E-state index in [0.29, 0.717) is 12.8 Å². The van der Waals surface area contributed by atoms with Gasteiger partial charge in [0.1, 0.15) is 6.10 Å². The molecule has 72 valence electrons. The van der Waals surface area contributed by atoms with Crippen LogP contribution in [0.1, 0.15) is 26.7 Å². The fraction of sp³-hybridized carbons (Fsp3) is 0.700. The maximum absolute atomic E-state index is 11.0. The van der Waals surface area contributed by atoms with Gasteiger partial charge in [-0.3, -0.25) is 0 Å². The lowest BCUT2D eigenvalue weighted by molar-refractivity contribution is -0.140. The van der Waals surface area contributed by atoms with Crippen molar-refractivity contribution in [1.82, 2.24) is 0 Å². The third kappa shape index (κ3) is 1.37. The molecule has 0 aromatic rings. The lowest BCUT2D eigenvalue weighted by Gasteiger charge is -2.37. The first kappa shape index (κ1) is 8.75. The van der Waals surface area contributed by atoms with Crippen LogP contribution in [-0.4, -0.2) is 23.3 Å². The highest BCUT2D eigenvalue weighted by atomic mass is 16.5. The summed E-state index contributed by atoms with van der Waals surface area (Å²) >= 11 is 0. The van der Waals surface area contributed by atoms with Crippen molar-refractivity contribution in [3.8, 4) is 0 Å². The molecule has 1 N–H and O–H groups in total. The second-order valence-electron chi connectivity index (χ2n) is 4.50. The number of fused-ring (bicyclic) bond motifs is 1. The molecule has 2 aliphatic rings. The van der Waals surface area contributed by atoms with Crippen LogP contribution < -0.4 is 0 Å². The van der Waals surface area contributed by atoms with Gasteiger partial charge >= 0.3 is 5.97 Å². The van der Waals surface area contributed by atoms with Crippen LogP contribution in [0.25, 0.3) is 0 Å². The summed E-state index contributed by atoms with van der Waals surface area (Å²) in [4.78, 5) is 11.0. The van der Waals surface area contributed by atoms with Crippen molar-refractivity contribution in [3.63, 3.8) is 0 Å². The molecule has 0 radical (unpaired) electrons. The fourth-order valence-corrected chi connectivity index (χ4v) is 2.30. The first-order chi connectivity index (χ1) is 5.99. The maximum Gasteiger partial charge on any atom is 0.331 e. The van der Waals surface area contributed by atoms with Gasteiger partial charge in [-0.15, -0.1) is 0 Å². The molecule has 3 heteroatoms. The van der Waals surface area contributed by atoms with Gasteiger partial charge in [-0.1, -0.05) is 13.8 Å². The van der Waals surface area contributed by atoms with Crippen molar-refractivity contribution in [2.75, 3.05) is 0 Å². The molecule has 0 saturated heterocycles. The Morgan fingerprint density at radius 3 is 3.00 bits per heavy atom. The quantitative estimate of drug-likeness (QED) is 0.569. The van der Waals surface area contributed by atoms with E-state index in [4.69, 9.17) is 4.74 Å². The van der Waals surface area contributed by atoms with E-state index >= 15 is 0 Å². The Hall–Kier alpha value is -0.830. The second kappa shape index (κ2) is 2.58. The minimum absolute atomic E-state index is 0.103. The van der Waals surface area contributed by atoms with E-state index in [2.05, 4.69) is 0 Å². The summed E-state index contributed by atoms with van der Waals surface area (Å²) in [5.41, 5.74) is 0.942. The average Bonchev–Trinajstić information content (AvgIpc) is 2.28. The second-order valence-corrected chi connectivity index (χ2v) is 4.50. The van der Waals surface area contributed by atoms with Crippen molar-refractivity contribution < 1.29 is 14.6 Å². The summed E-state index contributed by atoms with van der Waals surface area (Å²) in [5.74, 6) is -0.262. The molecule has 1 saturated carbocycles. The highest BCUT2D eigenvalue weighted by Gasteiger charge is 2.42. The van der Waals surface area contributed by atoms with Crippen LogP contribution in [0, 0.1) is 5.41 Å². The first-order valence-electron chi connectivity index (χ1n) is 4.60. The summed E-state index contributed by atoms with van der Waals surface area (Å²) in [6, 6.07) is 0. The first-order valence-corrected chi connectivity index (χ1v) is 4.60. The molecule has 1 aliphatic carbocycles. The van der Waals surface area contributed by atoms with Crippen LogP contribution in [0.5, 0.6) is 0 Å². The molecule has 0 amide bonds. The van der Waals surface area contributed by atoms with Crippen LogP contribution in [0.4, 0.5) is 0 Å². The Balaban J connectivity index is 2.31. The van der Waals surface area contributed by atoms with E-state index in [1.165, 1.54) is 0 Å². The number of carbonyl (C=O) groups excluding carboxylic acids is 1. The average molecular weight is 182 g/mol. The SMILES string of the molecule is CC1(C)C[C@H](O)C[C@@H]2OC(=O)C=C21. The Morgan fingerprint density at radius 2 is 2.31 bits per heavy atom. The molecule has 0 aromatic carbocycles. The van der Waals surface area contributed by atoms with Gasteiger partial charge in [0.15, 0.2) is 0 Å². The minimum atomic E-state index is -0.344. The Labute approximate surface area is 77.4 Å². The third-order valence-corrected chi connectivity index (χ3v) is 2.89. The van der Waals surface area contributed by atoms with Crippen LogP contribution >= 0.6 is 0 Å². The van der Waals surface area contributed by atoms with Crippen molar-refractivity contribution in [2.24, 2.45) is 5.41 Å². The van der Waals surface area contributed by atoms with Crippen LogP contribution in [-0.2, 0) is 9.53 Å². The van der Waals surface area contributed by atoms with E-state index in [1.807, 2.05) is 13.8 Å². The lowest BCUT2D eigenvalue weighted by Crippen LogP contribution is -2.36. The van der Waals surface area contributed by atoms with E-state index in [-0.39, 0.29) is 23.6 Å². The van der Waals surface area contributed by atoms with Crippen molar-refractivity contribution >= 4 is 5.97 Å². The van der Waals surface area contributed by atoms with Crippen LogP contribution in [0.3, 0.4) is 0 Å². The van der Waals surface area contributed by atoms with E-state index in [1.54, 1.807) is 6.08 Å². The highest BCUT2D eigenvalue weighted by Crippen LogP contribution is 2.43. The van der Waals surface area contributed by atoms with Gasteiger partial charge in [0.25, 0.3) is 0 Å². The molecule has 0 spiro atoms. The Morgan fingerprint density at radius 1 is 1.62 bits per heavy atom. The number of aliphatic hydroxyl groups excluding tert-OH is 1. The molecule has 2 atom stereocenters. The van der Waals surface area contributed by atoms with Gasteiger partial charge in [-0.2, -0.15) is 0 Å². The number of aliphatic hydroxyl groups is 1. The molecule has 1 heterocycles. The monoisotopic (exact) mass is 182 g/mol. The van der Waals surface area contributed by atoms with E-state index in [0.717, 1.165) is 5.57 Å². The number of hydrogen-bond acceptors (Lipinski definition) is 3. The molecule has 2 rings (SSSR count). The van der Waals surface area contributed by atoms with Crippen molar-refractivity contribution in [2.45, 2.75) is 38.9 Å². The normalized spacial score (nSPS) is 36.5. The van der Waals surface area contributed by atoms with Gasteiger partial charge in [-0.05, 0) is 17.4 Å². The molecule has 1 aliphatic heterocycles. The maximum atomic E-state index is 11.0. The zero-order valence-electron chi connectivity index (χ0n) is 7.91. The van der Waals surface area contributed by atoms with Gasteiger partial charge < -0.3 is 9.84 Å². The van der Waals surface area contributed by atoms with E-state index < -0.39 is 0 Å². The molecule has 13 heavy (non-hydrogen) atoms. The number of rotatable bonds is 0. The molecule has 3 nitrogen and oxygen atoms in total. The summed E-state index contributed by atoms with van der Waals surface area (Å²) in [5, 5.41) is 9.56. The number of ether oxygens (including phenoxy) is 1. The van der Waals surface area contributed by atoms with Crippen molar-refractivity contribution in [1.29, 1.82) is 0 Å². The molecular weight excluding hydrogens is 168 g/mol. The van der Waals surface area contributed by atoms with Gasteiger partial charge in [0.05, 0.1) is 6.10 Å². The summed E-state index contributed by atoms with van der Waals surface area (Å²) in [6.45, 7) is 4.08. The highest BCUT2D eigenvalue weighted by molar-refractivity contribution is 5.86. The number of hydrogen-bond donors (Lipinski definition) is 1. The predicted molar refractivity (Wildman–Crippen MR) is 47.0 cm³/mol. The van der Waals surface area contributed by atoms with Gasteiger partial charge in [0, 0.05) is 12.5 Å². The molecule has 0 unspecified atom stereocenters. The number of carbonyl (C=O) groups is 1. The largest absolute Gasteiger partial charge is 0.455 e. The topological polar surface area (TPSA) is 46.5 Å². The zero-order valence-corrected chi connectivity index (χ0v) is 7.91. The summed E-state index contributed by atoms with van der Waals surface area (Å²) in [6.07, 6.45) is 2.33. The van der Waals surface area contributed by atoms with Crippen LogP contribution in [0.15, 0.2) is 11.6 Å².